The monoisotopic (exact) mass is 400 g/mol. The van der Waals surface area contributed by atoms with Crippen LogP contribution >= 0.6 is 0 Å². The lowest BCUT2D eigenvalue weighted by molar-refractivity contribution is 0.0474. The van der Waals surface area contributed by atoms with Crippen LogP contribution in [0.4, 0.5) is 0 Å². The van der Waals surface area contributed by atoms with E-state index >= 15 is 0 Å². The zero-order valence-electron chi connectivity index (χ0n) is 16.5. The Bertz CT molecular complexity index is 839. The molecule has 7 nitrogen and oxygen atoms in total. The van der Waals surface area contributed by atoms with Gasteiger partial charge >= 0.3 is 5.97 Å². The van der Waals surface area contributed by atoms with Gasteiger partial charge in [0.15, 0.2) is 23.9 Å². The number of esters is 1. The minimum Gasteiger partial charge on any atom is -0.493 e. The van der Waals surface area contributed by atoms with E-state index in [1.165, 1.54) is 14.2 Å². The van der Waals surface area contributed by atoms with Gasteiger partial charge in [-0.3, -0.25) is 4.79 Å². The van der Waals surface area contributed by atoms with Gasteiger partial charge in [-0.2, -0.15) is 0 Å². The summed E-state index contributed by atoms with van der Waals surface area (Å²) in [6, 6.07) is 11.4. The van der Waals surface area contributed by atoms with Crippen LogP contribution in [0.15, 0.2) is 42.5 Å². The summed E-state index contributed by atoms with van der Waals surface area (Å²) in [7, 11) is 3.00. The fourth-order valence-corrected chi connectivity index (χ4v) is 2.96. The Morgan fingerprint density at radius 1 is 1.00 bits per heavy atom. The predicted molar refractivity (Wildman–Crippen MR) is 105 cm³/mol. The summed E-state index contributed by atoms with van der Waals surface area (Å²) in [5.41, 5.74) is 0.711. The molecule has 1 heterocycles. The van der Waals surface area contributed by atoms with E-state index in [0.717, 1.165) is 19.4 Å². The van der Waals surface area contributed by atoms with Gasteiger partial charge in [0.2, 0.25) is 0 Å². The molecule has 0 aliphatic carbocycles. The van der Waals surface area contributed by atoms with E-state index in [9.17, 15) is 9.59 Å². The number of ether oxygens (including phenoxy) is 5. The van der Waals surface area contributed by atoms with Crippen LogP contribution in [0.1, 0.15) is 33.6 Å². The Morgan fingerprint density at radius 2 is 1.72 bits per heavy atom. The molecule has 1 aliphatic rings. The highest BCUT2D eigenvalue weighted by molar-refractivity contribution is 5.99. The number of Topliss-reactive ketones (excluding diaryl/α,β-unsaturated/α-hetero) is 1. The summed E-state index contributed by atoms with van der Waals surface area (Å²) >= 11 is 0. The number of carbonyl (C=O) groups excluding carboxylic acids is 2. The highest BCUT2D eigenvalue weighted by Gasteiger charge is 2.17. The second-order valence-electron chi connectivity index (χ2n) is 6.54. The first-order chi connectivity index (χ1) is 14.1. The first-order valence-electron chi connectivity index (χ1n) is 9.37. The first-order valence-corrected chi connectivity index (χ1v) is 9.37. The topological polar surface area (TPSA) is 80.3 Å². The largest absolute Gasteiger partial charge is 0.493 e. The zero-order valence-corrected chi connectivity index (χ0v) is 16.5. The van der Waals surface area contributed by atoms with Crippen LogP contribution in [0.2, 0.25) is 0 Å². The standard InChI is InChI=1S/C22H24O7/c1-25-20-10-7-16(12-21(20)26-2)19(23)14-29-22(24)15-5-8-17(9-6-15)28-13-18-4-3-11-27-18/h5-10,12,18H,3-4,11,13-14H2,1-2H3/t18-/m0/s1. The van der Waals surface area contributed by atoms with E-state index < -0.39 is 5.97 Å². The maximum Gasteiger partial charge on any atom is 0.338 e. The molecule has 0 saturated carbocycles. The molecule has 1 fully saturated rings. The van der Waals surface area contributed by atoms with Crippen molar-refractivity contribution in [3.63, 3.8) is 0 Å². The van der Waals surface area contributed by atoms with Crippen LogP contribution in [0.25, 0.3) is 0 Å². The van der Waals surface area contributed by atoms with Crippen LogP contribution in [-0.2, 0) is 9.47 Å². The number of methoxy groups -OCH3 is 2. The van der Waals surface area contributed by atoms with Crippen molar-refractivity contribution in [3.8, 4) is 17.2 Å². The third kappa shape index (κ3) is 5.48. The summed E-state index contributed by atoms with van der Waals surface area (Å²) in [5.74, 6) is 0.685. The molecular weight excluding hydrogens is 376 g/mol. The lowest BCUT2D eigenvalue weighted by Gasteiger charge is -2.12. The second kappa shape index (κ2) is 9.93. The van der Waals surface area contributed by atoms with Crippen molar-refractivity contribution in [3.05, 3.63) is 53.6 Å². The van der Waals surface area contributed by atoms with Crippen LogP contribution in [0.3, 0.4) is 0 Å². The molecule has 1 saturated heterocycles. The summed E-state index contributed by atoms with van der Waals surface area (Å²) in [5, 5.41) is 0. The Kier molecular flexibility index (Phi) is 7.08. The number of hydrogen-bond acceptors (Lipinski definition) is 7. The maximum absolute atomic E-state index is 12.3. The Labute approximate surface area is 169 Å². The van der Waals surface area contributed by atoms with Crippen LogP contribution in [0, 0.1) is 0 Å². The molecule has 0 N–H and O–H groups in total. The predicted octanol–water partition coefficient (Wildman–Crippen LogP) is 3.30. The number of ketones is 1. The molecule has 154 valence electrons. The van der Waals surface area contributed by atoms with E-state index in [2.05, 4.69) is 0 Å². The van der Waals surface area contributed by atoms with Crippen molar-refractivity contribution in [2.24, 2.45) is 0 Å². The molecule has 0 amide bonds. The molecule has 7 heteroatoms. The van der Waals surface area contributed by atoms with Crippen molar-refractivity contribution in [1.29, 1.82) is 0 Å². The van der Waals surface area contributed by atoms with Gasteiger partial charge in [0.1, 0.15) is 12.4 Å². The summed E-state index contributed by atoms with van der Waals surface area (Å²) in [6.07, 6.45) is 2.18. The van der Waals surface area contributed by atoms with Gasteiger partial charge in [-0.25, -0.2) is 4.79 Å². The molecule has 0 radical (unpaired) electrons. The lowest BCUT2D eigenvalue weighted by Crippen LogP contribution is -2.16. The SMILES string of the molecule is COc1ccc(C(=O)COC(=O)c2ccc(OC[C@@H]3CCCO3)cc2)cc1OC. The normalized spacial score (nSPS) is 15.6. The van der Waals surface area contributed by atoms with E-state index in [0.29, 0.717) is 35.0 Å². The van der Waals surface area contributed by atoms with Crippen LogP contribution in [0.5, 0.6) is 17.2 Å². The molecule has 1 aliphatic heterocycles. The molecule has 29 heavy (non-hydrogen) atoms. The molecule has 2 aromatic rings. The highest BCUT2D eigenvalue weighted by Crippen LogP contribution is 2.27. The smallest absolute Gasteiger partial charge is 0.338 e. The van der Waals surface area contributed by atoms with E-state index in [1.54, 1.807) is 42.5 Å². The van der Waals surface area contributed by atoms with Gasteiger partial charge in [0.05, 0.1) is 25.9 Å². The minimum atomic E-state index is -0.579. The van der Waals surface area contributed by atoms with E-state index in [1.807, 2.05) is 0 Å². The van der Waals surface area contributed by atoms with E-state index in [-0.39, 0.29) is 18.5 Å². The van der Waals surface area contributed by atoms with Gasteiger partial charge in [0, 0.05) is 12.2 Å². The van der Waals surface area contributed by atoms with Gasteiger partial charge < -0.3 is 23.7 Å². The second-order valence-corrected chi connectivity index (χ2v) is 6.54. The molecular formula is C22H24O7. The average molecular weight is 400 g/mol. The van der Waals surface area contributed by atoms with Crippen molar-refractivity contribution >= 4 is 11.8 Å². The number of hydrogen-bond donors (Lipinski definition) is 0. The molecule has 0 aromatic heterocycles. The molecule has 0 spiro atoms. The molecule has 3 rings (SSSR count). The lowest BCUT2D eigenvalue weighted by atomic mass is 10.1. The summed E-state index contributed by atoms with van der Waals surface area (Å²) < 4.78 is 26.6. The van der Waals surface area contributed by atoms with Gasteiger partial charge in [-0.1, -0.05) is 0 Å². The number of benzene rings is 2. The maximum atomic E-state index is 12.3. The molecule has 0 unspecified atom stereocenters. The zero-order chi connectivity index (χ0) is 20.6. The fourth-order valence-electron chi connectivity index (χ4n) is 2.96. The third-order valence-electron chi connectivity index (χ3n) is 4.59. The van der Waals surface area contributed by atoms with Gasteiger partial charge in [-0.05, 0) is 55.3 Å². The van der Waals surface area contributed by atoms with Gasteiger partial charge in [0.25, 0.3) is 0 Å². The Balaban J connectivity index is 1.51. The van der Waals surface area contributed by atoms with Crippen molar-refractivity contribution in [2.45, 2.75) is 18.9 Å². The minimum absolute atomic E-state index is 0.127. The summed E-state index contributed by atoms with van der Waals surface area (Å²) in [4.78, 5) is 24.5. The van der Waals surface area contributed by atoms with Crippen molar-refractivity contribution in [1.82, 2.24) is 0 Å². The highest BCUT2D eigenvalue weighted by atomic mass is 16.5. The van der Waals surface area contributed by atoms with E-state index in [4.69, 9.17) is 23.7 Å². The fraction of sp³-hybridized carbons (Fsp3) is 0.364. The Morgan fingerprint density at radius 3 is 2.38 bits per heavy atom. The number of rotatable bonds is 9. The van der Waals surface area contributed by atoms with Gasteiger partial charge in [-0.15, -0.1) is 0 Å². The molecule has 1 atom stereocenters. The third-order valence-corrected chi connectivity index (χ3v) is 4.59. The summed E-state index contributed by atoms with van der Waals surface area (Å²) in [6.45, 7) is 0.899. The van der Waals surface area contributed by atoms with Crippen molar-refractivity contribution in [2.75, 3.05) is 34.0 Å². The average Bonchev–Trinajstić information content (AvgIpc) is 3.29. The van der Waals surface area contributed by atoms with Crippen LogP contribution < -0.4 is 14.2 Å². The quantitative estimate of drug-likeness (QED) is 0.472. The first kappa shape index (κ1) is 20.7. The van der Waals surface area contributed by atoms with Crippen LogP contribution in [-0.4, -0.2) is 51.9 Å². The molecule has 2 aromatic carbocycles. The van der Waals surface area contributed by atoms with Crippen molar-refractivity contribution < 1.29 is 33.3 Å². The molecule has 0 bridgehead atoms. The number of carbonyl (C=O) groups is 2. The Hall–Kier alpha value is -3.06.